The molecule has 0 radical (unpaired) electrons. The predicted molar refractivity (Wildman–Crippen MR) is 69.2 cm³/mol. The fourth-order valence-corrected chi connectivity index (χ4v) is 2.21. The van der Waals surface area contributed by atoms with E-state index in [1.165, 1.54) is 26.6 Å². The SMILES string of the molecule is COC(=O)C1CCN(C(=O)c2cc(OC)ncn2)CC1. The lowest BCUT2D eigenvalue weighted by Gasteiger charge is -2.30. The van der Waals surface area contributed by atoms with Crippen molar-refractivity contribution in [1.29, 1.82) is 0 Å². The number of rotatable bonds is 3. The Balaban J connectivity index is 1.99. The van der Waals surface area contributed by atoms with Crippen LogP contribution in [-0.2, 0) is 9.53 Å². The Hall–Kier alpha value is -2.18. The molecule has 0 atom stereocenters. The Labute approximate surface area is 116 Å². The first kappa shape index (κ1) is 14.2. The molecule has 7 nitrogen and oxygen atoms in total. The van der Waals surface area contributed by atoms with Gasteiger partial charge in [-0.3, -0.25) is 9.59 Å². The van der Waals surface area contributed by atoms with E-state index in [1.54, 1.807) is 4.90 Å². The van der Waals surface area contributed by atoms with Crippen LogP contribution in [0.4, 0.5) is 0 Å². The minimum absolute atomic E-state index is 0.121. The van der Waals surface area contributed by atoms with Crippen LogP contribution in [0, 0.1) is 5.92 Å². The number of amides is 1. The third kappa shape index (κ3) is 3.04. The van der Waals surface area contributed by atoms with Crippen molar-refractivity contribution in [3.63, 3.8) is 0 Å². The zero-order valence-corrected chi connectivity index (χ0v) is 11.5. The van der Waals surface area contributed by atoms with Gasteiger partial charge in [-0.05, 0) is 12.8 Å². The third-order valence-electron chi connectivity index (χ3n) is 3.39. The third-order valence-corrected chi connectivity index (χ3v) is 3.39. The quantitative estimate of drug-likeness (QED) is 0.750. The number of carbonyl (C=O) groups excluding carboxylic acids is 2. The number of hydrogen-bond donors (Lipinski definition) is 0. The largest absolute Gasteiger partial charge is 0.481 e. The Bertz CT molecular complexity index is 498. The summed E-state index contributed by atoms with van der Waals surface area (Å²) in [5, 5.41) is 0. The maximum absolute atomic E-state index is 12.3. The van der Waals surface area contributed by atoms with Crippen LogP contribution in [0.1, 0.15) is 23.3 Å². The van der Waals surface area contributed by atoms with Gasteiger partial charge in [-0.15, -0.1) is 0 Å². The van der Waals surface area contributed by atoms with Crippen molar-refractivity contribution in [3.8, 4) is 5.88 Å². The molecule has 108 valence electrons. The smallest absolute Gasteiger partial charge is 0.308 e. The van der Waals surface area contributed by atoms with Gasteiger partial charge in [0.05, 0.1) is 20.1 Å². The van der Waals surface area contributed by atoms with Crippen LogP contribution in [-0.4, -0.2) is 54.1 Å². The van der Waals surface area contributed by atoms with Gasteiger partial charge in [0.2, 0.25) is 5.88 Å². The summed E-state index contributed by atoms with van der Waals surface area (Å²) in [6.07, 6.45) is 2.52. The molecule has 0 spiro atoms. The minimum atomic E-state index is -0.208. The van der Waals surface area contributed by atoms with Crippen molar-refractivity contribution < 1.29 is 19.1 Å². The lowest BCUT2D eigenvalue weighted by molar-refractivity contribution is -0.146. The van der Waals surface area contributed by atoms with Gasteiger partial charge in [0.25, 0.3) is 5.91 Å². The van der Waals surface area contributed by atoms with E-state index in [4.69, 9.17) is 9.47 Å². The molecule has 0 bridgehead atoms. The van der Waals surface area contributed by atoms with Crippen molar-refractivity contribution in [3.05, 3.63) is 18.1 Å². The standard InChI is InChI=1S/C13H17N3O4/c1-19-11-7-10(14-8-15-11)12(17)16-5-3-9(4-6-16)13(18)20-2/h7-9H,3-6H2,1-2H3. The van der Waals surface area contributed by atoms with Crippen LogP contribution in [0.3, 0.4) is 0 Å². The molecule has 0 saturated carbocycles. The molecule has 2 heterocycles. The van der Waals surface area contributed by atoms with E-state index in [0.29, 0.717) is 37.5 Å². The number of esters is 1. The first-order valence-electron chi connectivity index (χ1n) is 6.39. The molecule has 0 aliphatic carbocycles. The number of methoxy groups -OCH3 is 2. The van der Waals surface area contributed by atoms with E-state index in [-0.39, 0.29) is 17.8 Å². The molecule has 0 unspecified atom stereocenters. The van der Waals surface area contributed by atoms with Gasteiger partial charge in [-0.2, -0.15) is 0 Å². The van der Waals surface area contributed by atoms with E-state index in [2.05, 4.69) is 9.97 Å². The first-order valence-corrected chi connectivity index (χ1v) is 6.39. The number of nitrogens with zero attached hydrogens (tertiary/aromatic N) is 3. The van der Waals surface area contributed by atoms with Crippen LogP contribution in [0.15, 0.2) is 12.4 Å². The second-order valence-electron chi connectivity index (χ2n) is 4.54. The van der Waals surface area contributed by atoms with E-state index >= 15 is 0 Å². The maximum atomic E-state index is 12.3. The summed E-state index contributed by atoms with van der Waals surface area (Å²) >= 11 is 0. The summed E-state index contributed by atoms with van der Waals surface area (Å²) in [5.41, 5.74) is 0.299. The number of carbonyl (C=O) groups is 2. The zero-order valence-electron chi connectivity index (χ0n) is 11.5. The number of piperidine rings is 1. The van der Waals surface area contributed by atoms with E-state index < -0.39 is 0 Å². The topological polar surface area (TPSA) is 81.6 Å². The van der Waals surface area contributed by atoms with Gasteiger partial charge >= 0.3 is 5.97 Å². The van der Waals surface area contributed by atoms with Crippen molar-refractivity contribution in [2.75, 3.05) is 27.3 Å². The average Bonchev–Trinajstić information content (AvgIpc) is 2.53. The van der Waals surface area contributed by atoms with Crippen molar-refractivity contribution in [2.24, 2.45) is 5.92 Å². The van der Waals surface area contributed by atoms with Gasteiger partial charge in [0, 0.05) is 19.2 Å². The Morgan fingerprint density at radius 1 is 1.25 bits per heavy atom. The molecule has 1 aromatic rings. The second kappa shape index (κ2) is 6.31. The fraction of sp³-hybridized carbons (Fsp3) is 0.538. The number of likely N-dealkylation sites (tertiary alicyclic amines) is 1. The molecule has 1 aliphatic heterocycles. The van der Waals surface area contributed by atoms with Gasteiger partial charge in [-0.1, -0.05) is 0 Å². The molecule has 20 heavy (non-hydrogen) atoms. The molecule has 1 saturated heterocycles. The van der Waals surface area contributed by atoms with Crippen LogP contribution >= 0.6 is 0 Å². The average molecular weight is 279 g/mol. The second-order valence-corrected chi connectivity index (χ2v) is 4.54. The molecule has 7 heteroatoms. The lowest BCUT2D eigenvalue weighted by atomic mass is 9.97. The summed E-state index contributed by atoms with van der Waals surface area (Å²) in [5.74, 6) is -0.147. The first-order chi connectivity index (χ1) is 9.65. The molecular formula is C13H17N3O4. The number of ether oxygens (including phenoxy) is 2. The summed E-state index contributed by atoms with van der Waals surface area (Å²) in [6.45, 7) is 1.04. The lowest BCUT2D eigenvalue weighted by Crippen LogP contribution is -2.40. The van der Waals surface area contributed by atoms with Crippen molar-refractivity contribution in [1.82, 2.24) is 14.9 Å². The van der Waals surface area contributed by atoms with Crippen LogP contribution in [0.2, 0.25) is 0 Å². The Morgan fingerprint density at radius 3 is 2.55 bits per heavy atom. The van der Waals surface area contributed by atoms with Crippen molar-refractivity contribution >= 4 is 11.9 Å². The summed E-state index contributed by atoms with van der Waals surface area (Å²) in [7, 11) is 2.87. The van der Waals surface area contributed by atoms with Crippen LogP contribution in [0.5, 0.6) is 5.88 Å². The Morgan fingerprint density at radius 2 is 1.95 bits per heavy atom. The highest BCUT2D eigenvalue weighted by Gasteiger charge is 2.28. The number of aromatic nitrogens is 2. The van der Waals surface area contributed by atoms with E-state index in [0.717, 1.165) is 0 Å². The monoisotopic (exact) mass is 279 g/mol. The van der Waals surface area contributed by atoms with Gasteiger partial charge in [-0.25, -0.2) is 9.97 Å². The summed E-state index contributed by atoms with van der Waals surface area (Å²) in [6, 6.07) is 1.51. The van der Waals surface area contributed by atoms with E-state index in [9.17, 15) is 9.59 Å². The Kier molecular flexibility index (Phi) is 4.49. The molecule has 2 rings (SSSR count). The molecule has 1 amide bonds. The molecule has 0 N–H and O–H groups in total. The fourth-order valence-electron chi connectivity index (χ4n) is 2.21. The van der Waals surface area contributed by atoms with Crippen LogP contribution < -0.4 is 4.74 Å². The molecule has 0 aromatic carbocycles. The normalized spacial score (nSPS) is 15.8. The van der Waals surface area contributed by atoms with E-state index in [1.807, 2.05) is 0 Å². The van der Waals surface area contributed by atoms with Gasteiger partial charge < -0.3 is 14.4 Å². The summed E-state index contributed by atoms with van der Waals surface area (Å²) < 4.78 is 9.69. The molecule has 1 fully saturated rings. The maximum Gasteiger partial charge on any atom is 0.308 e. The summed E-state index contributed by atoms with van der Waals surface area (Å²) in [4.78, 5) is 33.2. The van der Waals surface area contributed by atoms with Crippen LogP contribution in [0.25, 0.3) is 0 Å². The van der Waals surface area contributed by atoms with Gasteiger partial charge in [0.1, 0.15) is 12.0 Å². The zero-order chi connectivity index (χ0) is 14.5. The molecular weight excluding hydrogens is 262 g/mol. The molecule has 1 aromatic heterocycles. The minimum Gasteiger partial charge on any atom is -0.481 e. The highest BCUT2D eigenvalue weighted by molar-refractivity contribution is 5.92. The highest BCUT2D eigenvalue weighted by Crippen LogP contribution is 2.20. The number of hydrogen-bond acceptors (Lipinski definition) is 6. The highest BCUT2D eigenvalue weighted by atomic mass is 16.5. The molecule has 1 aliphatic rings. The van der Waals surface area contributed by atoms with Crippen molar-refractivity contribution in [2.45, 2.75) is 12.8 Å². The predicted octanol–water partition coefficient (Wildman–Crippen LogP) is 0.510. The van der Waals surface area contributed by atoms with Gasteiger partial charge in [0.15, 0.2) is 0 Å².